The van der Waals surface area contributed by atoms with Crippen LogP contribution >= 0.6 is 0 Å². The van der Waals surface area contributed by atoms with Gasteiger partial charge in [-0.15, -0.1) is 0 Å². The van der Waals surface area contributed by atoms with Gasteiger partial charge < -0.3 is 0 Å². The van der Waals surface area contributed by atoms with Gasteiger partial charge in [0.1, 0.15) is 72.3 Å². The SMILES string of the molecule is N#CC1=C(c2ccc(F)cc2)/C(=C(/C#N)c2ccc(C#N)c(C#N)c2)c2c(C#N)c3c(c(C#N)c21)C(C#N)=C(c1ccc(F)cc1)/C3=C(/C#N)c1ccc(C#N)c(C#N)c1. The molecule has 0 saturated carbocycles. The van der Waals surface area contributed by atoms with Crippen LogP contribution < -0.4 is 0 Å². The van der Waals surface area contributed by atoms with Gasteiger partial charge in [0, 0.05) is 44.5 Å². The molecule has 0 spiro atoms. The van der Waals surface area contributed by atoms with Crippen molar-refractivity contribution in [3.63, 3.8) is 0 Å². The first-order chi connectivity index (χ1) is 29.2. The Morgan fingerprint density at radius 1 is 0.367 bits per heavy atom. The number of allylic oxidation sites excluding steroid dienone is 8. The second-order valence-electron chi connectivity index (χ2n) is 12.9. The highest BCUT2D eigenvalue weighted by atomic mass is 19.1. The Balaban J connectivity index is 1.77. The minimum atomic E-state index is -0.641. The fraction of sp³-hybridized carbons (Fsp3) is 0. The van der Waals surface area contributed by atoms with E-state index in [9.17, 15) is 61.4 Å². The Labute approximate surface area is 340 Å². The normalized spacial score (nSPS) is 13.6. The van der Waals surface area contributed by atoms with Crippen LogP contribution in [0.15, 0.2) is 84.9 Å². The Bertz CT molecular complexity index is 3210. The number of fused-ring (bicyclic) bond motifs is 2. The van der Waals surface area contributed by atoms with Gasteiger partial charge in [0.05, 0.1) is 55.7 Å². The zero-order valence-electron chi connectivity index (χ0n) is 30.3. The van der Waals surface area contributed by atoms with E-state index in [0.29, 0.717) is 0 Å². The highest BCUT2D eigenvalue weighted by molar-refractivity contribution is 6.36. The Morgan fingerprint density at radius 3 is 1.02 bits per heavy atom. The van der Waals surface area contributed by atoms with Gasteiger partial charge in [0.2, 0.25) is 0 Å². The zero-order valence-corrected chi connectivity index (χ0v) is 30.3. The molecule has 2 aliphatic rings. The van der Waals surface area contributed by atoms with Gasteiger partial charge in [-0.25, -0.2) is 8.78 Å². The van der Waals surface area contributed by atoms with Crippen molar-refractivity contribution in [2.24, 2.45) is 0 Å². The highest BCUT2D eigenvalue weighted by Gasteiger charge is 2.43. The molecule has 2 aliphatic carbocycles. The average Bonchev–Trinajstić information content (AvgIpc) is 3.79. The summed E-state index contributed by atoms with van der Waals surface area (Å²) in [5.41, 5.74) is -1.92. The first-order valence-electron chi connectivity index (χ1n) is 17.2. The molecular weight excluding hydrogens is 755 g/mol. The maximum atomic E-state index is 14.4. The number of nitrogens with zero attached hydrogens (tertiary/aromatic N) is 10. The van der Waals surface area contributed by atoms with Crippen molar-refractivity contribution in [3.05, 3.63) is 174 Å². The number of halogens is 2. The predicted octanol–water partition coefficient (Wildman–Crippen LogP) is 8.96. The second-order valence-corrected chi connectivity index (χ2v) is 12.9. The van der Waals surface area contributed by atoms with Gasteiger partial charge in [0.25, 0.3) is 0 Å². The first-order valence-corrected chi connectivity index (χ1v) is 17.2. The van der Waals surface area contributed by atoms with E-state index >= 15 is 0 Å². The quantitative estimate of drug-likeness (QED) is 0.157. The first kappa shape index (κ1) is 38.1. The largest absolute Gasteiger partial charge is 0.207 e. The van der Waals surface area contributed by atoms with Gasteiger partial charge in [-0.2, -0.15) is 52.6 Å². The molecule has 0 aromatic heterocycles. The van der Waals surface area contributed by atoms with Gasteiger partial charge in [-0.05, 0) is 70.8 Å². The number of nitriles is 10. The summed E-state index contributed by atoms with van der Waals surface area (Å²) in [5, 5.41) is 105. The van der Waals surface area contributed by atoms with Crippen molar-refractivity contribution in [2.75, 3.05) is 0 Å². The molecule has 0 atom stereocenters. The maximum Gasteiger partial charge on any atom is 0.123 e. The van der Waals surface area contributed by atoms with E-state index in [4.69, 9.17) is 0 Å². The van der Waals surface area contributed by atoms with E-state index in [1.807, 2.05) is 24.3 Å². The van der Waals surface area contributed by atoms with Crippen LogP contribution in [-0.2, 0) is 0 Å². The van der Waals surface area contributed by atoms with E-state index in [-0.39, 0.29) is 122 Å². The van der Waals surface area contributed by atoms with Crippen LogP contribution in [0, 0.1) is 125 Å². The molecule has 0 N–H and O–H groups in total. The molecule has 270 valence electrons. The summed E-state index contributed by atoms with van der Waals surface area (Å²) in [5.74, 6) is -1.28. The van der Waals surface area contributed by atoms with Crippen LogP contribution in [0.4, 0.5) is 8.78 Å². The van der Waals surface area contributed by atoms with E-state index in [1.54, 1.807) is 0 Å². The molecule has 0 saturated heterocycles. The molecule has 0 heterocycles. The molecule has 0 fully saturated rings. The number of hydrogen-bond acceptors (Lipinski definition) is 10. The molecule has 5 aromatic carbocycles. The smallest absolute Gasteiger partial charge is 0.123 e. The number of benzene rings is 5. The van der Waals surface area contributed by atoms with Crippen LogP contribution in [0.25, 0.3) is 44.6 Å². The Hall–Kier alpha value is -10.2. The van der Waals surface area contributed by atoms with E-state index in [1.165, 1.54) is 60.7 Å². The second kappa shape index (κ2) is 15.2. The fourth-order valence-electron chi connectivity index (χ4n) is 7.57. The maximum absolute atomic E-state index is 14.4. The number of hydrogen-bond donors (Lipinski definition) is 0. The summed E-state index contributed by atoms with van der Waals surface area (Å²) in [7, 11) is 0. The van der Waals surface area contributed by atoms with E-state index < -0.39 is 11.6 Å². The standard InChI is InChI=1S/C48H14F2N10/c49-33-9-5-25(6-10-33)41-37(21-57)43-39(23-59)44-38(22-58)42(26-7-11-34(50)12-8-26)46(36(20-56)28-2-4-30(16-52)32(14-28)18-54)48(44)40(24-60)47(43)45(41)35(19-55)27-1-3-29(15-51)31(13-27)17-53/h1-14H/b45-35+,46-36+. The van der Waals surface area contributed by atoms with Crippen molar-refractivity contribution in [1.82, 2.24) is 0 Å². The molecule has 0 radical (unpaired) electrons. The summed E-state index contributed by atoms with van der Waals surface area (Å²) < 4.78 is 28.8. The lowest BCUT2D eigenvalue weighted by Crippen LogP contribution is -2.05. The van der Waals surface area contributed by atoms with Crippen LogP contribution in [-0.4, -0.2) is 0 Å². The lowest BCUT2D eigenvalue weighted by atomic mass is 9.81. The molecule has 5 aromatic rings. The molecule has 0 bridgehead atoms. The zero-order chi connectivity index (χ0) is 42.8. The summed E-state index contributed by atoms with van der Waals surface area (Å²) in [6.45, 7) is 0. The van der Waals surface area contributed by atoms with Crippen molar-refractivity contribution >= 4 is 44.6 Å². The van der Waals surface area contributed by atoms with Crippen molar-refractivity contribution in [2.45, 2.75) is 0 Å². The summed E-state index contributed by atoms with van der Waals surface area (Å²) >= 11 is 0. The van der Waals surface area contributed by atoms with Gasteiger partial charge in [-0.3, -0.25) is 0 Å². The van der Waals surface area contributed by atoms with Crippen LogP contribution in [0.2, 0.25) is 0 Å². The van der Waals surface area contributed by atoms with Crippen LogP contribution in [0.3, 0.4) is 0 Å². The van der Waals surface area contributed by atoms with E-state index in [2.05, 4.69) is 36.4 Å². The lowest BCUT2D eigenvalue weighted by Gasteiger charge is -2.18. The third kappa shape index (κ3) is 5.68. The molecule has 0 aliphatic heterocycles. The Kier molecular flexibility index (Phi) is 9.63. The topological polar surface area (TPSA) is 238 Å². The Morgan fingerprint density at radius 2 is 0.717 bits per heavy atom. The van der Waals surface area contributed by atoms with Gasteiger partial charge in [-0.1, -0.05) is 36.4 Å². The van der Waals surface area contributed by atoms with Crippen LogP contribution in [0.5, 0.6) is 0 Å². The minimum Gasteiger partial charge on any atom is -0.207 e. The summed E-state index contributed by atoms with van der Waals surface area (Å²) in [4.78, 5) is 0. The molecule has 0 amide bonds. The predicted molar refractivity (Wildman–Crippen MR) is 210 cm³/mol. The van der Waals surface area contributed by atoms with Crippen molar-refractivity contribution in [3.8, 4) is 60.7 Å². The molecular formula is C48H14F2N10. The summed E-state index contributed by atoms with van der Waals surface area (Å²) in [6, 6.07) is 38.1. The third-order valence-corrected chi connectivity index (χ3v) is 10.0. The number of rotatable bonds is 4. The average molecular weight is 769 g/mol. The van der Waals surface area contributed by atoms with Gasteiger partial charge >= 0.3 is 0 Å². The molecule has 12 heteroatoms. The molecule has 7 rings (SSSR count). The highest BCUT2D eigenvalue weighted by Crippen LogP contribution is 2.59. The van der Waals surface area contributed by atoms with E-state index in [0.717, 1.165) is 24.3 Å². The lowest BCUT2D eigenvalue weighted by molar-refractivity contribution is 0.627. The summed E-state index contributed by atoms with van der Waals surface area (Å²) in [6.07, 6.45) is 0. The van der Waals surface area contributed by atoms with Crippen molar-refractivity contribution in [1.29, 1.82) is 52.6 Å². The molecule has 60 heavy (non-hydrogen) atoms. The minimum absolute atomic E-state index is 0.00151. The molecule has 0 unspecified atom stereocenters. The third-order valence-electron chi connectivity index (χ3n) is 10.0. The fourth-order valence-corrected chi connectivity index (χ4v) is 7.57. The molecule has 10 nitrogen and oxygen atoms in total. The van der Waals surface area contributed by atoms with Crippen molar-refractivity contribution < 1.29 is 8.78 Å². The van der Waals surface area contributed by atoms with Crippen LogP contribution in [0.1, 0.15) is 77.9 Å². The monoisotopic (exact) mass is 768 g/mol. The van der Waals surface area contributed by atoms with Gasteiger partial charge in [0.15, 0.2) is 0 Å².